The van der Waals surface area contributed by atoms with E-state index >= 15 is 0 Å². The molecule has 18 heavy (non-hydrogen) atoms. The zero-order chi connectivity index (χ0) is 12.8. The van der Waals surface area contributed by atoms with Gasteiger partial charge in [-0.15, -0.1) is 0 Å². The Morgan fingerprint density at radius 3 is 3.06 bits per heavy atom. The van der Waals surface area contributed by atoms with Crippen LogP contribution in [0.1, 0.15) is 12.8 Å². The summed E-state index contributed by atoms with van der Waals surface area (Å²) in [5.41, 5.74) is 0. The number of hydrogen-bond donors (Lipinski definition) is 1. The fourth-order valence-electron chi connectivity index (χ4n) is 1.79. The van der Waals surface area contributed by atoms with Crippen molar-refractivity contribution < 1.29 is 18.7 Å². The van der Waals surface area contributed by atoms with Crippen molar-refractivity contribution in [2.75, 3.05) is 19.8 Å². The topological polar surface area (TPSA) is 47.6 Å². The van der Waals surface area contributed by atoms with E-state index in [9.17, 15) is 9.18 Å². The Balaban J connectivity index is 1.69. The summed E-state index contributed by atoms with van der Waals surface area (Å²) in [7, 11) is 0. The molecule has 1 aliphatic rings. The van der Waals surface area contributed by atoms with Gasteiger partial charge < -0.3 is 14.8 Å². The van der Waals surface area contributed by atoms with Crippen LogP contribution >= 0.6 is 0 Å². The van der Waals surface area contributed by atoms with Crippen molar-refractivity contribution in [3.63, 3.8) is 0 Å². The fraction of sp³-hybridized carbons (Fsp3) is 0.462. The molecular weight excluding hydrogens is 237 g/mol. The molecule has 0 aromatic heterocycles. The van der Waals surface area contributed by atoms with Gasteiger partial charge in [0.25, 0.3) is 5.91 Å². The second-order valence-corrected chi connectivity index (χ2v) is 4.16. The average molecular weight is 253 g/mol. The van der Waals surface area contributed by atoms with E-state index in [1.165, 1.54) is 12.1 Å². The first-order valence-electron chi connectivity index (χ1n) is 6.01. The second kappa shape index (κ2) is 6.35. The van der Waals surface area contributed by atoms with Crippen molar-refractivity contribution >= 4 is 5.91 Å². The number of hydrogen-bond acceptors (Lipinski definition) is 3. The molecule has 1 aromatic rings. The van der Waals surface area contributed by atoms with E-state index in [0.717, 1.165) is 19.4 Å². The van der Waals surface area contributed by atoms with Crippen LogP contribution in [-0.4, -0.2) is 31.8 Å². The Kier molecular flexibility index (Phi) is 4.52. The number of rotatable bonds is 5. The molecule has 1 amide bonds. The van der Waals surface area contributed by atoms with Crippen LogP contribution in [0.15, 0.2) is 24.3 Å². The number of ether oxygens (including phenoxy) is 2. The summed E-state index contributed by atoms with van der Waals surface area (Å²) in [6.07, 6.45) is 2.10. The molecule has 0 bridgehead atoms. The lowest BCUT2D eigenvalue weighted by Crippen LogP contribution is -2.35. The minimum absolute atomic E-state index is 0.0877. The molecule has 1 heterocycles. The maximum absolute atomic E-state index is 13.2. The zero-order valence-corrected chi connectivity index (χ0v) is 10.0. The molecule has 1 aromatic carbocycles. The number of benzene rings is 1. The van der Waals surface area contributed by atoms with E-state index in [1.54, 1.807) is 12.1 Å². The first-order valence-corrected chi connectivity index (χ1v) is 6.01. The number of para-hydroxylation sites is 1. The zero-order valence-electron chi connectivity index (χ0n) is 10.0. The fourth-order valence-corrected chi connectivity index (χ4v) is 1.79. The highest BCUT2D eigenvalue weighted by atomic mass is 19.1. The molecule has 1 fully saturated rings. The van der Waals surface area contributed by atoms with E-state index in [1.807, 2.05) is 0 Å². The number of carbonyl (C=O) groups is 1. The van der Waals surface area contributed by atoms with E-state index < -0.39 is 5.82 Å². The highest BCUT2D eigenvalue weighted by molar-refractivity contribution is 5.77. The summed E-state index contributed by atoms with van der Waals surface area (Å²) >= 11 is 0. The summed E-state index contributed by atoms with van der Waals surface area (Å²) in [5, 5.41) is 2.70. The normalized spacial score (nSPS) is 18.6. The predicted molar refractivity (Wildman–Crippen MR) is 63.9 cm³/mol. The number of nitrogens with one attached hydrogen (secondary N) is 1. The third kappa shape index (κ3) is 3.70. The molecule has 0 spiro atoms. The lowest BCUT2D eigenvalue weighted by atomic mass is 10.2. The van der Waals surface area contributed by atoms with Gasteiger partial charge in [0.15, 0.2) is 18.2 Å². The molecule has 1 saturated heterocycles. The van der Waals surface area contributed by atoms with Gasteiger partial charge in [-0.05, 0) is 25.0 Å². The molecule has 98 valence electrons. The number of carbonyl (C=O) groups excluding carboxylic acids is 1. The van der Waals surface area contributed by atoms with Gasteiger partial charge in [0.1, 0.15) is 0 Å². The molecule has 2 rings (SSSR count). The van der Waals surface area contributed by atoms with E-state index in [-0.39, 0.29) is 24.4 Å². The Morgan fingerprint density at radius 2 is 2.33 bits per heavy atom. The lowest BCUT2D eigenvalue weighted by molar-refractivity contribution is -0.123. The standard InChI is InChI=1S/C13H16FNO3/c14-11-5-1-2-6-12(11)18-9-13(16)15-8-10-4-3-7-17-10/h1-2,5-6,10H,3-4,7-9H2,(H,15,16). The van der Waals surface area contributed by atoms with Gasteiger partial charge in [-0.2, -0.15) is 0 Å². The second-order valence-electron chi connectivity index (χ2n) is 4.16. The molecule has 1 unspecified atom stereocenters. The maximum atomic E-state index is 13.2. The number of amides is 1. The van der Waals surface area contributed by atoms with Gasteiger partial charge in [0.2, 0.25) is 0 Å². The van der Waals surface area contributed by atoms with Crippen molar-refractivity contribution in [1.82, 2.24) is 5.32 Å². The van der Waals surface area contributed by atoms with Gasteiger partial charge in [0.05, 0.1) is 6.10 Å². The van der Waals surface area contributed by atoms with Crippen LogP contribution in [0, 0.1) is 5.82 Å². The third-order valence-corrected chi connectivity index (χ3v) is 2.75. The molecule has 0 saturated carbocycles. The molecular formula is C13H16FNO3. The summed E-state index contributed by atoms with van der Waals surface area (Å²) < 4.78 is 23.7. The summed E-state index contributed by atoms with van der Waals surface area (Å²) in [4.78, 5) is 11.5. The molecule has 1 aliphatic heterocycles. The van der Waals surface area contributed by atoms with Crippen LogP contribution in [0.4, 0.5) is 4.39 Å². The van der Waals surface area contributed by atoms with Gasteiger partial charge >= 0.3 is 0 Å². The quantitative estimate of drug-likeness (QED) is 0.865. The van der Waals surface area contributed by atoms with Gasteiger partial charge in [-0.1, -0.05) is 12.1 Å². The van der Waals surface area contributed by atoms with Gasteiger partial charge in [0, 0.05) is 13.2 Å². The van der Waals surface area contributed by atoms with Crippen molar-refractivity contribution in [2.24, 2.45) is 0 Å². The first-order chi connectivity index (χ1) is 8.75. The van der Waals surface area contributed by atoms with Crippen LogP contribution in [0.5, 0.6) is 5.75 Å². The molecule has 1 atom stereocenters. The Morgan fingerprint density at radius 1 is 1.50 bits per heavy atom. The van der Waals surface area contributed by atoms with Crippen molar-refractivity contribution in [3.8, 4) is 5.75 Å². The van der Waals surface area contributed by atoms with Crippen molar-refractivity contribution in [2.45, 2.75) is 18.9 Å². The first kappa shape index (κ1) is 12.8. The largest absolute Gasteiger partial charge is 0.481 e. The van der Waals surface area contributed by atoms with Gasteiger partial charge in [-0.25, -0.2) is 4.39 Å². The van der Waals surface area contributed by atoms with Gasteiger partial charge in [-0.3, -0.25) is 4.79 Å². The van der Waals surface area contributed by atoms with Crippen LogP contribution in [0.25, 0.3) is 0 Å². The minimum Gasteiger partial charge on any atom is -0.481 e. The molecule has 5 heteroatoms. The van der Waals surface area contributed by atoms with E-state index in [2.05, 4.69) is 5.32 Å². The average Bonchev–Trinajstić information content (AvgIpc) is 2.88. The Labute approximate surface area is 105 Å². The van der Waals surface area contributed by atoms with Crippen LogP contribution < -0.4 is 10.1 Å². The molecule has 0 aliphatic carbocycles. The maximum Gasteiger partial charge on any atom is 0.258 e. The highest BCUT2D eigenvalue weighted by Gasteiger charge is 2.16. The van der Waals surface area contributed by atoms with Crippen LogP contribution in [0.2, 0.25) is 0 Å². The predicted octanol–water partition coefficient (Wildman–Crippen LogP) is 1.50. The molecule has 0 radical (unpaired) electrons. The Hall–Kier alpha value is -1.62. The van der Waals surface area contributed by atoms with E-state index in [4.69, 9.17) is 9.47 Å². The monoisotopic (exact) mass is 253 g/mol. The lowest BCUT2D eigenvalue weighted by Gasteiger charge is -2.11. The highest BCUT2D eigenvalue weighted by Crippen LogP contribution is 2.15. The summed E-state index contributed by atoms with van der Waals surface area (Å²) in [6, 6.07) is 6.00. The summed E-state index contributed by atoms with van der Waals surface area (Å²) in [5.74, 6) is -0.650. The SMILES string of the molecule is O=C(COc1ccccc1F)NCC1CCCO1. The van der Waals surface area contributed by atoms with Crippen LogP contribution in [-0.2, 0) is 9.53 Å². The minimum atomic E-state index is -0.468. The van der Waals surface area contributed by atoms with Crippen molar-refractivity contribution in [1.29, 1.82) is 0 Å². The Bertz CT molecular complexity index is 405. The molecule has 1 N–H and O–H groups in total. The summed E-state index contributed by atoms with van der Waals surface area (Å²) in [6.45, 7) is 1.05. The van der Waals surface area contributed by atoms with Crippen LogP contribution in [0.3, 0.4) is 0 Å². The molecule has 4 nitrogen and oxygen atoms in total. The van der Waals surface area contributed by atoms with E-state index in [0.29, 0.717) is 6.54 Å². The smallest absolute Gasteiger partial charge is 0.258 e. The third-order valence-electron chi connectivity index (χ3n) is 2.75. The number of halogens is 1. The van der Waals surface area contributed by atoms with Crippen molar-refractivity contribution in [3.05, 3.63) is 30.1 Å².